The van der Waals surface area contributed by atoms with Gasteiger partial charge in [0, 0.05) is 25.7 Å². The lowest BCUT2D eigenvalue weighted by Gasteiger charge is -2.47. The highest BCUT2D eigenvalue weighted by Crippen LogP contribution is 2.48. The summed E-state index contributed by atoms with van der Waals surface area (Å²) in [7, 11) is 0. The van der Waals surface area contributed by atoms with Crippen molar-refractivity contribution in [2.75, 3.05) is 19.7 Å². The summed E-state index contributed by atoms with van der Waals surface area (Å²) >= 11 is 0. The minimum absolute atomic E-state index is 0.412. The molecule has 0 radical (unpaired) electrons. The first-order valence-electron chi connectivity index (χ1n) is 7.54. The maximum absolute atomic E-state index is 9.47. The van der Waals surface area contributed by atoms with Crippen LogP contribution in [0.15, 0.2) is 0 Å². The second-order valence-corrected chi connectivity index (χ2v) is 6.99. The van der Waals surface area contributed by atoms with Crippen molar-refractivity contribution in [2.45, 2.75) is 45.6 Å². The molecule has 17 heavy (non-hydrogen) atoms. The van der Waals surface area contributed by atoms with E-state index < -0.39 is 0 Å². The molecular weight excluding hydrogens is 210 g/mol. The molecule has 3 aliphatic rings. The van der Waals surface area contributed by atoms with Crippen molar-refractivity contribution >= 4 is 0 Å². The first kappa shape index (κ1) is 12.0. The van der Waals surface area contributed by atoms with Gasteiger partial charge in [0.05, 0.1) is 0 Å². The third-order valence-electron chi connectivity index (χ3n) is 5.94. The van der Waals surface area contributed by atoms with Crippen LogP contribution in [-0.4, -0.2) is 35.7 Å². The zero-order valence-corrected chi connectivity index (χ0v) is 11.3. The molecule has 1 aliphatic carbocycles. The summed E-state index contributed by atoms with van der Waals surface area (Å²) in [5.41, 5.74) is 0. The zero-order valence-electron chi connectivity index (χ0n) is 11.3. The maximum Gasteiger partial charge on any atom is 0.0462 e. The van der Waals surface area contributed by atoms with Crippen LogP contribution in [0.5, 0.6) is 0 Å². The number of hydrogen-bond acceptors (Lipinski definition) is 2. The summed E-state index contributed by atoms with van der Waals surface area (Å²) in [4.78, 5) is 2.77. The van der Waals surface area contributed by atoms with Gasteiger partial charge in [0.15, 0.2) is 0 Å². The second-order valence-electron chi connectivity index (χ2n) is 6.99. The van der Waals surface area contributed by atoms with Gasteiger partial charge >= 0.3 is 0 Å². The topological polar surface area (TPSA) is 23.5 Å². The van der Waals surface area contributed by atoms with E-state index in [1.54, 1.807) is 0 Å². The molecule has 0 aromatic rings. The molecule has 0 amide bonds. The predicted molar refractivity (Wildman–Crippen MR) is 69.7 cm³/mol. The van der Waals surface area contributed by atoms with Gasteiger partial charge in [0.25, 0.3) is 0 Å². The van der Waals surface area contributed by atoms with Crippen LogP contribution in [0.2, 0.25) is 0 Å². The Labute approximate surface area is 105 Å². The minimum atomic E-state index is 0.412. The molecule has 1 saturated carbocycles. The highest BCUT2D eigenvalue weighted by Gasteiger charge is 2.46. The Hall–Kier alpha value is -0.0800. The molecule has 2 heterocycles. The van der Waals surface area contributed by atoms with Crippen molar-refractivity contribution in [3.8, 4) is 0 Å². The van der Waals surface area contributed by atoms with E-state index in [4.69, 9.17) is 0 Å². The van der Waals surface area contributed by atoms with Gasteiger partial charge < -0.3 is 5.11 Å². The van der Waals surface area contributed by atoms with Gasteiger partial charge in [-0.25, -0.2) is 0 Å². The Morgan fingerprint density at radius 1 is 1.12 bits per heavy atom. The third-order valence-corrected chi connectivity index (χ3v) is 5.94. The number of hydrogen-bond donors (Lipinski definition) is 1. The summed E-state index contributed by atoms with van der Waals surface area (Å²) < 4.78 is 0. The largest absolute Gasteiger partial charge is 0.396 e. The lowest BCUT2D eigenvalue weighted by atomic mass is 9.77. The number of aliphatic hydroxyl groups excluding tert-OH is 1. The van der Waals surface area contributed by atoms with E-state index in [2.05, 4.69) is 18.7 Å². The molecule has 2 saturated heterocycles. The van der Waals surface area contributed by atoms with Crippen LogP contribution in [0.4, 0.5) is 0 Å². The van der Waals surface area contributed by atoms with Crippen LogP contribution in [0.3, 0.4) is 0 Å². The molecule has 1 N–H and O–H groups in total. The highest BCUT2D eigenvalue weighted by molar-refractivity contribution is 4.98. The van der Waals surface area contributed by atoms with Crippen molar-refractivity contribution in [1.29, 1.82) is 0 Å². The van der Waals surface area contributed by atoms with E-state index in [1.165, 1.54) is 38.8 Å². The first-order valence-corrected chi connectivity index (χ1v) is 7.54. The summed E-state index contributed by atoms with van der Waals surface area (Å²) in [5.74, 6) is 4.01. The van der Waals surface area contributed by atoms with Crippen molar-refractivity contribution in [1.82, 2.24) is 4.90 Å². The second kappa shape index (κ2) is 4.55. The average Bonchev–Trinajstić information content (AvgIpc) is 2.63. The number of piperidine rings is 2. The fraction of sp³-hybridized carbons (Fsp3) is 1.00. The zero-order chi connectivity index (χ0) is 12.0. The fourth-order valence-electron chi connectivity index (χ4n) is 4.80. The van der Waals surface area contributed by atoms with Gasteiger partial charge in [0.1, 0.15) is 0 Å². The number of fused-ring (bicyclic) bond motifs is 2. The fourth-order valence-corrected chi connectivity index (χ4v) is 4.80. The molecule has 0 spiro atoms. The molecule has 0 unspecified atom stereocenters. The minimum Gasteiger partial charge on any atom is -0.396 e. The van der Waals surface area contributed by atoms with E-state index in [0.29, 0.717) is 12.5 Å². The Balaban J connectivity index is 1.71. The number of nitrogens with zero attached hydrogens (tertiary/aromatic N) is 1. The van der Waals surface area contributed by atoms with E-state index in [1.807, 2.05) is 0 Å². The van der Waals surface area contributed by atoms with Crippen molar-refractivity contribution in [2.24, 2.45) is 29.6 Å². The Morgan fingerprint density at radius 3 is 2.71 bits per heavy atom. The van der Waals surface area contributed by atoms with E-state index in [0.717, 1.165) is 29.7 Å². The standard InChI is InChI=1S/C15H27NO/c1-10-3-4-14-6-12-5-13(9-17)11(2)15(12)8-16(14)7-10/h10-15,17H,3-9H2,1-2H3/t10-,11+,12-,13+,14+,15-/m0/s1. The van der Waals surface area contributed by atoms with Crippen LogP contribution < -0.4 is 0 Å². The predicted octanol–water partition coefficient (Wildman–Crippen LogP) is 2.37. The van der Waals surface area contributed by atoms with Gasteiger partial charge in [-0.2, -0.15) is 0 Å². The van der Waals surface area contributed by atoms with Gasteiger partial charge in [-0.3, -0.25) is 4.90 Å². The average molecular weight is 237 g/mol. The Kier molecular flexibility index (Phi) is 3.20. The summed E-state index contributed by atoms with van der Waals surface area (Å²) in [5, 5.41) is 9.47. The molecule has 3 fully saturated rings. The lowest BCUT2D eigenvalue weighted by molar-refractivity contribution is 0.0195. The summed E-state index contributed by atoms with van der Waals surface area (Å²) in [6.45, 7) is 7.83. The van der Waals surface area contributed by atoms with Gasteiger partial charge in [-0.05, 0) is 55.3 Å². The SMILES string of the molecule is C[C@H]1CC[C@@H]2C[C@@H]3C[C@H](CO)[C@@H](C)[C@@H]3CN2C1. The molecule has 0 aromatic heterocycles. The third kappa shape index (κ3) is 2.04. The smallest absolute Gasteiger partial charge is 0.0462 e. The van der Waals surface area contributed by atoms with E-state index >= 15 is 0 Å². The lowest BCUT2D eigenvalue weighted by Crippen LogP contribution is -2.51. The van der Waals surface area contributed by atoms with Crippen molar-refractivity contribution in [3.63, 3.8) is 0 Å². The molecular formula is C15H27NO. The first-order chi connectivity index (χ1) is 8.19. The van der Waals surface area contributed by atoms with Crippen molar-refractivity contribution < 1.29 is 5.11 Å². The molecule has 3 rings (SSSR count). The van der Waals surface area contributed by atoms with E-state index in [9.17, 15) is 5.11 Å². The molecule has 2 aliphatic heterocycles. The molecule has 0 bridgehead atoms. The van der Waals surface area contributed by atoms with E-state index in [-0.39, 0.29) is 0 Å². The van der Waals surface area contributed by atoms with Gasteiger partial charge in [-0.15, -0.1) is 0 Å². The van der Waals surface area contributed by atoms with Gasteiger partial charge in [-0.1, -0.05) is 13.8 Å². The normalized spacial score (nSPS) is 51.0. The summed E-state index contributed by atoms with van der Waals surface area (Å²) in [6.07, 6.45) is 5.56. The quantitative estimate of drug-likeness (QED) is 0.757. The molecule has 2 nitrogen and oxygen atoms in total. The van der Waals surface area contributed by atoms with Crippen LogP contribution in [0.25, 0.3) is 0 Å². The molecule has 6 atom stereocenters. The number of rotatable bonds is 1. The monoisotopic (exact) mass is 237 g/mol. The summed E-state index contributed by atoms with van der Waals surface area (Å²) in [6, 6.07) is 0.872. The maximum atomic E-state index is 9.47. The van der Waals surface area contributed by atoms with Crippen LogP contribution in [-0.2, 0) is 0 Å². The van der Waals surface area contributed by atoms with Crippen LogP contribution in [0, 0.1) is 29.6 Å². The van der Waals surface area contributed by atoms with Crippen molar-refractivity contribution in [3.05, 3.63) is 0 Å². The van der Waals surface area contributed by atoms with Gasteiger partial charge in [0.2, 0.25) is 0 Å². The number of aliphatic hydroxyl groups is 1. The Bertz CT molecular complexity index is 280. The molecule has 0 aromatic carbocycles. The molecule has 2 heteroatoms. The Morgan fingerprint density at radius 2 is 1.94 bits per heavy atom. The highest BCUT2D eigenvalue weighted by atomic mass is 16.3. The van der Waals surface area contributed by atoms with Crippen LogP contribution in [0.1, 0.15) is 39.5 Å². The van der Waals surface area contributed by atoms with Crippen LogP contribution >= 0.6 is 0 Å². The molecule has 98 valence electrons.